The van der Waals surface area contributed by atoms with Gasteiger partial charge in [-0.05, 0) is 54.4 Å². The molecule has 0 fully saturated rings. The molecular weight excluding hydrogens is 426 g/mol. The Labute approximate surface area is 182 Å². The lowest BCUT2D eigenvalue weighted by Gasteiger charge is -2.22. The number of nitrogens with zero attached hydrogens (tertiary/aromatic N) is 1. The van der Waals surface area contributed by atoms with Crippen LogP contribution in [0, 0.1) is 6.92 Å². The van der Waals surface area contributed by atoms with Crippen LogP contribution in [0.5, 0.6) is 5.75 Å². The molecule has 3 rings (SSSR count). The summed E-state index contributed by atoms with van der Waals surface area (Å²) in [5.74, 6) is 2.63. The predicted octanol–water partition coefficient (Wildman–Crippen LogP) is 0.697. The minimum Gasteiger partial charge on any atom is -0.497 e. The van der Waals surface area contributed by atoms with Crippen molar-refractivity contribution in [2.45, 2.75) is 18.9 Å². The van der Waals surface area contributed by atoms with Gasteiger partial charge >= 0.3 is 11.8 Å². The Morgan fingerprint density at radius 3 is 2.55 bits per heavy atom. The number of rotatable bonds is 5. The number of methoxy groups -OCH3 is 1. The summed E-state index contributed by atoms with van der Waals surface area (Å²) in [6.45, 7) is 1.75. The minimum atomic E-state index is -2.01. The average molecular weight is 446 g/mol. The maximum Gasteiger partial charge on any atom is 0.330 e. The van der Waals surface area contributed by atoms with Crippen LogP contribution >= 0.6 is 11.6 Å². The van der Waals surface area contributed by atoms with Crippen molar-refractivity contribution in [2.75, 3.05) is 12.4 Å². The van der Waals surface area contributed by atoms with Crippen molar-refractivity contribution in [1.29, 1.82) is 0 Å². The molecule has 0 spiro atoms. The van der Waals surface area contributed by atoms with E-state index in [9.17, 15) is 19.5 Å². The summed E-state index contributed by atoms with van der Waals surface area (Å²) in [6, 6.07) is 9.71. The maximum atomic E-state index is 12.7. The number of carbonyl (C=O) groups excluding carboxylic acids is 3. The molecule has 11 heteroatoms. The number of carbonyl (C=O) groups is 3. The fourth-order valence-electron chi connectivity index (χ4n) is 3.22. The van der Waals surface area contributed by atoms with Crippen LogP contribution < -0.4 is 26.7 Å². The highest BCUT2D eigenvalue weighted by atomic mass is 35.5. The van der Waals surface area contributed by atoms with E-state index in [0.717, 1.165) is 0 Å². The molecule has 10 nitrogen and oxygen atoms in total. The van der Waals surface area contributed by atoms with Gasteiger partial charge in [0.2, 0.25) is 0 Å². The summed E-state index contributed by atoms with van der Waals surface area (Å²) >= 11 is 6.14. The quantitative estimate of drug-likeness (QED) is 0.150. The highest BCUT2D eigenvalue weighted by molar-refractivity contribution is 6.35. The zero-order chi connectivity index (χ0) is 22.8. The third-order valence-corrected chi connectivity index (χ3v) is 5.05. The average Bonchev–Trinajstić information content (AvgIpc) is 3.01. The second-order valence-corrected chi connectivity index (χ2v) is 7.27. The molecule has 1 atom stereocenters. The Kier molecular flexibility index (Phi) is 6.25. The standard InChI is InChI=1S/C20H20ClN5O5/c1-10-7-12(21)8-14-16(10)23-19(29)20(14,30)9-15(25-26-18(28)17(27)24-22)11-3-5-13(31-2)6-4-11/h3-8,30H,9,22H2,1-2H3,(H,23,29)(H,24,27)(H,26,28)/b25-15-. The Balaban J connectivity index is 2.03. The van der Waals surface area contributed by atoms with Crippen LogP contribution in [0.4, 0.5) is 5.69 Å². The van der Waals surface area contributed by atoms with E-state index in [0.29, 0.717) is 27.6 Å². The number of nitrogens with two attached hydrogens (primary N) is 1. The molecule has 1 heterocycles. The number of aliphatic hydroxyl groups is 1. The monoisotopic (exact) mass is 445 g/mol. The molecule has 2 aromatic carbocycles. The second kappa shape index (κ2) is 8.72. The highest BCUT2D eigenvalue weighted by Gasteiger charge is 2.47. The molecule has 3 amide bonds. The van der Waals surface area contributed by atoms with Crippen LogP contribution in [0.1, 0.15) is 23.1 Å². The van der Waals surface area contributed by atoms with Crippen molar-refractivity contribution in [3.8, 4) is 5.75 Å². The van der Waals surface area contributed by atoms with E-state index in [4.69, 9.17) is 22.2 Å². The zero-order valence-corrected chi connectivity index (χ0v) is 17.4. The van der Waals surface area contributed by atoms with E-state index >= 15 is 0 Å². The number of benzene rings is 2. The van der Waals surface area contributed by atoms with Crippen LogP contribution in [0.25, 0.3) is 0 Å². The first kappa shape index (κ1) is 22.2. The third-order valence-electron chi connectivity index (χ3n) is 4.84. The van der Waals surface area contributed by atoms with Crippen molar-refractivity contribution in [1.82, 2.24) is 10.9 Å². The fraction of sp³-hybridized carbons (Fsp3) is 0.200. The molecule has 1 aliphatic rings. The summed E-state index contributed by atoms with van der Waals surface area (Å²) in [5.41, 5.74) is 3.78. The molecule has 1 aliphatic heterocycles. The van der Waals surface area contributed by atoms with Gasteiger partial charge in [0.25, 0.3) is 5.91 Å². The SMILES string of the molecule is COc1ccc(/C(CC2(O)C(=O)Nc3c(C)cc(Cl)cc32)=N\NC(=O)C(=O)NN)cc1. The molecule has 0 bridgehead atoms. The summed E-state index contributed by atoms with van der Waals surface area (Å²) in [7, 11) is 1.50. The summed E-state index contributed by atoms with van der Waals surface area (Å²) < 4.78 is 5.13. The second-order valence-electron chi connectivity index (χ2n) is 6.84. The number of aryl methyl sites for hydroxylation is 1. The molecule has 1 unspecified atom stereocenters. The number of amides is 3. The number of hydrazine groups is 1. The molecule has 0 saturated heterocycles. The van der Waals surface area contributed by atoms with Gasteiger partial charge in [-0.2, -0.15) is 5.10 Å². The molecule has 31 heavy (non-hydrogen) atoms. The topological polar surface area (TPSA) is 155 Å². The van der Waals surface area contributed by atoms with Crippen molar-refractivity contribution in [2.24, 2.45) is 10.9 Å². The van der Waals surface area contributed by atoms with E-state index in [-0.39, 0.29) is 17.7 Å². The van der Waals surface area contributed by atoms with Gasteiger partial charge in [-0.25, -0.2) is 11.3 Å². The number of hydrazone groups is 1. The van der Waals surface area contributed by atoms with E-state index in [1.165, 1.54) is 13.2 Å². The Hall–Kier alpha value is -3.47. The summed E-state index contributed by atoms with van der Waals surface area (Å²) in [4.78, 5) is 35.9. The molecule has 0 aliphatic carbocycles. The first-order valence-corrected chi connectivity index (χ1v) is 9.43. The zero-order valence-electron chi connectivity index (χ0n) is 16.7. The van der Waals surface area contributed by atoms with E-state index in [1.807, 2.05) is 0 Å². The number of anilines is 1. The molecule has 2 aromatic rings. The van der Waals surface area contributed by atoms with Crippen molar-refractivity contribution in [3.63, 3.8) is 0 Å². The maximum absolute atomic E-state index is 12.7. The first-order valence-electron chi connectivity index (χ1n) is 9.06. The molecule has 0 aromatic heterocycles. The van der Waals surface area contributed by atoms with Crippen LogP contribution in [0.15, 0.2) is 41.5 Å². The first-order chi connectivity index (χ1) is 14.7. The number of halogens is 1. The molecule has 6 N–H and O–H groups in total. The lowest BCUT2D eigenvalue weighted by atomic mass is 9.87. The van der Waals surface area contributed by atoms with Gasteiger partial charge in [-0.1, -0.05) is 11.6 Å². The van der Waals surface area contributed by atoms with E-state index < -0.39 is 23.3 Å². The summed E-state index contributed by atoms with van der Waals surface area (Å²) in [5, 5.41) is 18.3. The summed E-state index contributed by atoms with van der Waals surface area (Å²) in [6.07, 6.45) is -0.317. The lowest BCUT2D eigenvalue weighted by Crippen LogP contribution is -2.42. The van der Waals surface area contributed by atoms with Crippen molar-refractivity contribution >= 4 is 40.7 Å². The predicted molar refractivity (Wildman–Crippen MR) is 113 cm³/mol. The smallest absolute Gasteiger partial charge is 0.330 e. The minimum absolute atomic E-state index is 0.129. The highest BCUT2D eigenvalue weighted by Crippen LogP contribution is 2.42. The van der Waals surface area contributed by atoms with Gasteiger partial charge in [0.1, 0.15) is 5.75 Å². The van der Waals surface area contributed by atoms with Crippen LogP contribution in [0.2, 0.25) is 5.02 Å². The largest absolute Gasteiger partial charge is 0.497 e. The number of fused-ring (bicyclic) bond motifs is 1. The van der Waals surface area contributed by atoms with E-state index in [1.54, 1.807) is 42.7 Å². The van der Waals surface area contributed by atoms with Gasteiger partial charge in [0.05, 0.1) is 18.5 Å². The number of ether oxygens (including phenoxy) is 1. The van der Waals surface area contributed by atoms with Gasteiger partial charge in [0.15, 0.2) is 5.60 Å². The number of nitrogens with one attached hydrogen (secondary N) is 3. The fourth-order valence-corrected chi connectivity index (χ4v) is 3.49. The molecular formula is C20H20ClN5O5. The van der Waals surface area contributed by atoms with Crippen LogP contribution in [0.3, 0.4) is 0 Å². The van der Waals surface area contributed by atoms with Gasteiger partial charge in [-0.3, -0.25) is 19.8 Å². The van der Waals surface area contributed by atoms with Crippen LogP contribution in [-0.4, -0.2) is 35.6 Å². The number of hydrogen-bond donors (Lipinski definition) is 5. The van der Waals surface area contributed by atoms with E-state index in [2.05, 4.69) is 15.8 Å². The third kappa shape index (κ3) is 4.36. The van der Waals surface area contributed by atoms with Crippen molar-refractivity contribution < 1.29 is 24.2 Å². The van der Waals surface area contributed by atoms with Crippen LogP contribution in [-0.2, 0) is 20.0 Å². The van der Waals surface area contributed by atoms with Gasteiger partial charge < -0.3 is 15.2 Å². The Morgan fingerprint density at radius 1 is 1.26 bits per heavy atom. The van der Waals surface area contributed by atoms with Gasteiger partial charge in [0, 0.05) is 17.0 Å². The Bertz CT molecular complexity index is 1090. The Morgan fingerprint density at radius 2 is 1.94 bits per heavy atom. The van der Waals surface area contributed by atoms with Gasteiger partial charge in [-0.15, -0.1) is 0 Å². The molecule has 0 saturated carbocycles. The number of hydrogen-bond acceptors (Lipinski definition) is 7. The molecule has 0 radical (unpaired) electrons. The lowest BCUT2D eigenvalue weighted by molar-refractivity contribution is -0.139. The normalized spacial score (nSPS) is 17.6. The molecule has 162 valence electrons. The van der Waals surface area contributed by atoms with Crippen molar-refractivity contribution in [3.05, 3.63) is 58.1 Å².